The SMILES string of the molecule is Cc1ccc(-c2nnc(CNC(=O)c3cccc(F)c3)o2)cn1. The van der Waals surface area contributed by atoms with E-state index in [0.717, 1.165) is 11.8 Å². The number of hydrogen-bond donors (Lipinski definition) is 1. The van der Waals surface area contributed by atoms with Gasteiger partial charge in [-0.1, -0.05) is 6.07 Å². The molecule has 0 saturated carbocycles. The Kier molecular flexibility index (Phi) is 4.09. The van der Waals surface area contributed by atoms with Gasteiger partial charge in [0.25, 0.3) is 5.91 Å². The third kappa shape index (κ3) is 3.57. The summed E-state index contributed by atoms with van der Waals surface area (Å²) in [4.78, 5) is 16.1. The summed E-state index contributed by atoms with van der Waals surface area (Å²) in [6, 6.07) is 9.09. The van der Waals surface area contributed by atoms with Crippen LogP contribution in [0.15, 0.2) is 47.0 Å². The van der Waals surface area contributed by atoms with Crippen LogP contribution in [0.3, 0.4) is 0 Å². The van der Waals surface area contributed by atoms with Gasteiger partial charge in [-0.05, 0) is 37.3 Å². The first-order chi connectivity index (χ1) is 11.1. The number of carbonyl (C=O) groups excluding carboxylic acids is 1. The number of aryl methyl sites for hydroxylation is 1. The topological polar surface area (TPSA) is 80.9 Å². The normalized spacial score (nSPS) is 10.5. The first kappa shape index (κ1) is 14.8. The summed E-state index contributed by atoms with van der Waals surface area (Å²) in [6.07, 6.45) is 1.64. The Hall–Kier alpha value is -3.09. The van der Waals surface area contributed by atoms with Gasteiger partial charge in [-0.15, -0.1) is 10.2 Å². The minimum absolute atomic E-state index is 0.0572. The lowest BCUT2D eigenvalue weighted by atomic mass is 10.2. The molecule has 1 amide bonds. The van der Waals surface area contributed by atoms with E-state index in [9.17, 15) is 9.18 Å². The smallest absolute Gasteiger partial charge is 0.251 e. The number of nitrogens with zero attached hydrogens (tertiary/aromatic N) is 3. The molecule has 0 fully saturated rings. The van der Waals surface area contributed by atoms with Gasteiger partial charge in [0, 0.05) is 17.5 Å². The van der Waals surface area contributed by atoms with Gasteiger partial charge in [0.2, 0.25) is 11.8 Å². The lowest BCUT2D eigenvalue weighted by molar-refractivity contribution is 0.0947. The zero-order valence-electron chi connectivity index (χ0n) is 12.3. The predicted octanol–water partition coefficient (Wildman–Crippen LogP) is 2.51. The summed E-state index contributed by atoms with van der Waals surface area (Å²) in [6.45, 7) is 1.94. The number of amides is 1. The van der Waals surface area contributed by atoms with E-state index in [1.165, 1.54) is 18.2 Å². The van der Waals surface area contributed by atoms with E-state index in [2.05, 4.69) is 20.5 Å². The molecule has 3 aromatic rings. The summed E-state index contributed by atoms with van der Waals surface area (Å²) in [5.74, 6) is -0.302. The average molecular weight is 312 g/mol. The van der Waals surface area contributed by atoms with Crippen LogP contribution in [0.2, 0.25) is 0 Å². The second kappa shape index (κ2) is 6.35. The number of pyridine rings is 1. The molecule has 2 heterocycles. The fraction of sp³-hybridized carbons (Fsp3) is 0.125. The fourth-order valence-corrected chi connectivity index (χ4v) is 1.92. The molecular formula is C16H13FN4O2. The number of aromatic nitrogens is 3. The van der Waals surface area contributed by atoms with Gasteiger partial charge in [0.05, 0.1) is 12.1 Å². The van der Waals surface area contributed by atoms with E-state index in [0.29, 0.717) is 11.5 Å². The van der Waals surface area contributed by atoms with E-state index in [1.807, 2.05) is 19.1 Å². The second-order valence-corrected chi connectivity index (χ2v) is 4.88. The molecule has 0 spiro atoms. The van der Waals surface area contributed by atoms with Crippen molar-refractivity contribution in [2.45, 2.75) is 13.5 Å². The van der Waals surface area contributed by atoms with E-state index in [-0.39, 0.29) is 18.0 Å². The predicted molar refractivity (Wildman–Crippen MR) is 79.8 cm³/mol. The number of nitrogens with one attached hydrogen (secondary N) is 1. The molecule has 3 rings (SSSR count). The van der Waals surface area contributed by atoms with E-state index in [4.69, 9.17) is 4.42 Å². The van der Waals surface area contributed by atoms with Gasteiger partial charge < -0.3 is 9.73 Å². The van der Waals surface area contributed by atoms with Crippen molar-refractivity contribution in [1.29, 1.82) is 0 Å². The van der Waals surface area contributed by atoms with Crippen LogP contribution < -0.4 is 5.32 Å². The van der Waals surface area contributed by atoms with Crippen molar-refractivity contribution in [3.63, 3.8) is 0 Å². The molecule has 2 aromatic heterocycles. The molecule has 6 nitrogen and oxygen atoms in total. The maximum Gasteiger partial charge on any atom is 0.251 e. The van der Waals surface area contributed by atoms with Crippen molar-refractivity contribution in [2.75, 3.05) is 0 Å². The molecule has 0 aliphatic heterocycles. The van der Waals surface area contributed by atoms with Gasteiger partial charge in [-0.3, -0.25) is 9.78 Å². The lowest BCUT2D eigenvalue weighted by Crippen LogP contribution is -2.23. The molecular weight excluding hydrogens is 299 g/mol. The highest BCUT2D eigenvalue weighted by Gasteiger charge is 2.11. The monoisotopic (exact) mass is 312 g/mol. The van der Waals surface area contributed by atoms with Crippen molar-refractivity contribution in [3.05, 3.63) is 65.6 Å². The molecule has 0 bridgehead atoms. The van der Waals surface area contributed by atoms with Gasteiger partial charge >= 0.3 is 0 Å². The maximum absolute atomic E-state index is 13.1. The molecule has 0 saturated heterocycles. The first-order valence-corrected chi connectivity index (χ1v) is 6.91. The third-order valence-electron chi connectivity index (χ3n) is 3.11. The summed E-state index contributed by atoms with van der Waals surface area (Å²) in [7, 11) is 0. The van der Waals surface area contributed by atoms with Crippen LogP contribution in [0.5, 0.6) is 0 Å². The van der Waals surface area contributed by atoms with Crippen LogP contribution in [0.4, 0.5) is 4.39 Å². The van der Waals surface area contributed by atoms with Crippen molar-refractivity contribution in [3.8, 4) is 11.5 Å². The van der Waals surface area contributed by atoms with Crippen LogP contribution in [0.1, 0.15) is 21.9 Å². The van der Waals surface area contributed by atoms with Gasteiger partial charge in [0.15, 0.2) is 0 Å². The Bertz CT molecular complexity index is 830. The van der Waals surface area contributed by atoms with Gasteiger partial charge in [0.1, 0.15) is 5.82 Å². The molecule has 1 aromatic carbocycles. The lowest BCUT2D eigenvalue weighted by Gasteiger charge is -2.02. The maximum atomic E-state index is 13.1. The second-order valence-electron chi connectivity index (χ2n) is 4.88. The number of carbonyl (C=O) groups is 1. The highest BCUT2D eigenvalue weighted by molar-refractivity contribution is 5.94. The van der Waals surface area contributed by atoms with Crippen LogP contribution in [-0.4, -0.2) is 21.1 Å². The third-order valence-corrected chi connectivity index (χ3v) is 3.11. The molecule has 0 radical (unpaired) electrons. The van der Waals surface area contributed by atoms with E-state index in [1.54, 1.807) is 6.20 Å². The highest BCUT2D eigenvalue weighted by atomic mass is 19.1. The van der Waals surface area contributed by atoms with Gasteiger partial charge in [-0.25, -0.2) is 4.39 Å². The molecule has 7 heteroatoms. The number of rotatable bonds is 4. The average Bonchev–Trinajstić information content (AvgIpc) is 3.02. The Labute approximate surface area is 131 Å². The minimum atomic E-state index is -0.468. The molecule has 1 N–H and O–H groups in total. The first-order valence-electron chi connectivity index (χ1n) is 6.91. The zero-order chi connectivity index (χ0) is 16.2. The van der Waals surface area contributed by atoms with Crippen LogP contribution in [0, 0.1) is 12.7 Å². The standard InChI is InChI=1S/C16H13FN4O2/c1-10-5-6-12(8-18-10)16-21-20-14(23-16)9-19-15(22)11-3-2-4-13(17)7-11/h2-8H,9H2,1H3,(H,19,22). The fourth-order valence-electron chi connectivity index (χ4n) is 1.92. The molecule has 23 heavy (non-hydrogen) atoms. The van der Waals surface area contributed by atoms with Crippen LogP contribution in [-0.2, 0) is 6.54 Å². The summed E-state index contributed by atoms with van der Waals surface area (Å²) >= 11 is 0. The number of hydrogen-bond acceptors (Lipinski definition) is 5. The largest absolute Gasteiger partial charge is 0.419 e. The summed E-state index contributed by atoms with van der Waals surface area (Å²) in [5, 5.41) is 10.4. The highest BCUT2D eigenvalue weighted by Crippen LogP contribution is 2.16. The zero-order valence-corrected chi connectivity index (χ0v) is 12.3. The van der Waals surface area contributed by atoms with E-state index < -0.39 is 11.7 Å². The number of benzene rings is 1. The molecule has 0 atom stereocenters. The summed E-state index contributed by atoms with van der Waals surface area (Å²) in [5.41, 5.74) is 1.81. The van der Waals surface area contributed by atoms with Gasteiger partial charge in [-0.2, -0.15) is 0 Å². The molecule has 0 aliphatic carbocycles. The van der Waals surface area contributed by atoms with Crippen molar-refractivity contribution >= 4 is 5.91 Å². The van der Waals surface area contributed by atoms with Crippen LogP contribution in [0.25, 0.3) is 11.5 Å². The Balaban J connectivity index is 1.65. The summed E-state index contributed by atoms with van der Waals surface area (Å²) < 4.78 is 18.6. The van der Waals surface area contributed by atoms with Crippen molar-refractivity contribution in [1.82, 2.24) is 20.5 Å². The van der Waals surface area contributed by atoms with Crippen molar-refractivity contribution < 1.29 is 13.6 Å². The minimum Gasteiger partial charge on any atom is -0.419 e. The quantitative estimate of drug-likeness (QED) is 0.800. The molecule has 0 aliphatic rings. The van der Waals surface area contributed by atoms with Crippen LogP contribution >= 0.6 is 0 Å². The Morgan fingerprint density at radius 3 is 2.87 bits per heavy atom. The molecule has 0 unspecified atom stereocenters. The Morgan fingerprint density at radius 1 is 1.26 bits per heavy atom. The Morgan fingerprint density at radius 2 is 2.13 bits per heavy atom. The number of halogens is 1. The molecule has 116 valence electrons. The van der Waals surface area contributed by atoms with E-state index >= 15 is 0 Å². The van der Waals surface area contributed by atoms with Crippen molar-refractivity contribution in [2.24, 2.45) is 0 Å².